The van der Waals surface area contributed by atoms with Crippen LogP contribution in [0.1, 0.15) is 59.4 Å². The van der Waals surface area contributed by atoms with E-state index >= 15 is 0 Å². The van der Waals surface area contributed by atoms with Crippen molar-refractivity contribution >= 4 is 28.8 Å². The molecule has 3 amide bonds. The van der Waals surface area contributed by atoms with Crippen LogP contribution in [0.15, 0.2) is 42.6 Å². The summed E-state index contributed by atoms with van der Waals surface area (Å²) in [6.45, 7) is 4.26. The largest absolute Gasteiger partial charge is 0.346 e. The van der Waals surface area contributed by atoms with E-state index in [2.05, 4.69) is 10.3 Å². The van der Waals surface area contributed by atoms with Crippen molar-refractivity contribution in [1.82, 2.24) is 24.8 Å². The molecule has 1 aliphatic heterocycles. The fourth-order valence-corrected chi connectivity index (χ4v) is 3.93. The first-order chi connectivity index (χ1) is 14.9. The number of nitrogens with one attached hydrogen (secondary N) is 1. The number of hydrogen-bond acceptors (Lipinski definition) is 5. The lowest BCUT2D eigenvalue weighted by Crippen LogP contribution is -2.35. The Morgan fingerprint density at radius 2 is 1.87 bits per heavy atom. The highest BCUT2D eigenvalue weighted by molar-refractivity contribution is 6.20. The summed E-state index contributed by atoms with van der Waals surface area (Å²) in [6, 6.07) is 10.8. The lowest BCUT2D eigenvalue weighted by atomic mass is 10.0. The molecule has 160 valence electrons. The molecule has 0 saturated carbocycles. The second-order valence-electron chi connectivity index (χ2n) is 8.07. The number of imidazole rings is 1. The Labute approximate surface area is 180 Å². The number of rotatable bonds is 7. The van der Waals surface area contributed by atoms with Crippen LogP contribution in [-0.4, -0.2) is 43.7 Å². The molecule has 8 heteroatoms. The quantitative estimate of drug-likeness (QED) is 0.594. The van der Waals surface area contributed by atoms with Gasteiger partial charge in [-0.3, -0.25) is 24.3 Å². The van der Waals surface area contributed by atoms with E-state index in [1.807, 2.05) is 49.7 Å². The molecule has 0 saturated heterocycles. The number of carbonyl (C=O) groups excluding carboxylic acids is 3. The van der Waals surface area contributed by atoms with Crippen molar-refractivity contribution in [2.24, 2.45) is 13.0 Å². The molecule has 1 aromatic carbocycles. The number of benzene rings is 1. The van der Waals surface area contributed by atoms with Crippen LogP contribution in [0.3, 0.4) is 0 Å². The van der Waals surface area contributed by atoms with E-state index in [-0.39, 0.29) is 42.4 Å². The first-order valence-corrected chi connectivity index (χ1v) is 10.4. The van der Waals surface area contributed by atoms with E-state index in [4.69, 9.17) is 4.98 Å². The Hall–Kier alpha value is -3.55. The van der Waals surface area contributed by atoms with Crippen LogP contribution in [-0.2, 0) is 11.8 Å². The summed E-state index contributed by atoms with van der Waals surface area (Å²) < 4.78 is 2.01. The van der Waals surface area contributed by atoms with Gasteiger partial charge in [-0.05, 0) is 36.6 Å². The summed E-state index contributed by atoms with van der Waals surface area (Å²) >= 11 is 0. The van der Waals surface area contributed by atoms with Gasteiger partial charge in [-0.2, -0.15) is 0 Å². The fraction of sp³-hybridized carbons (Fsp3) is 0.348. The van der Waals surface area contributed by atoms with Gasteiger partial charge in [0.05, 0.1) is 22.6 Å². The molecular formula is C23H25N5O3. The van der Waals surface area contributed by atoms with Crippen LogP contribution in [0.2, 0.25) is 0 Å². The molecule has 0 bridgehead atoms. The SMILES string of the molecule is CC(C)[C@@H](NC(=O)CCCN1C(=O)c2cccnc2C1=O)c1nc2ccccc2n1C. The molecule has 1 N–H and O–H groups in total. The second kappa shape index (κ2) is 8.29. The van der Waals surface area contributed by atoms with Crippen LogP contribution in [0, 0.1) is 5.92 Å². The summed E-state index contributed by atoms with van der Waals surface area (Å²) in [4.78, 5) is 47.3. The average molecular weight is 419 g/mol. The molecule has 0 fully saturated rings. The van der Waals surface area contributed by atoms with Gasteiger partial charge in [-0.15, -0.1) is 0 Å². The maximum Gasteiger partial charge on any atom is 0.280 e. The van der Waals surface area contributed by atoms with Gasteiger partial charge in [0, 0.05) is 26.2 Å². The van der Waals surface area contributed by atoms with Gasteiger partial charge in [0.15, 0.2) is 0 Å². The Morgan fingerprint density at radius 1 is 1.10 bits per heavy atom. The maximum atomic E-state index is 12.7. The van der Waals surface area contributed by atoms with Gasteiger partial charge in [-0.25, -0.2) is 4.98 Å². The average Bonchev–Trinajstić information content (AvgIpc) is 3.21. The number of para-hydroxylation sites is 2. The molecule has 0 radical (unpaired) electrons. The van der Waals surface area contributed by atoms with E-state index in [1.54, 1.807) is 12.1 Å². The number of nitrogens with zero attached hydrogens (tertiary/aromatic N) is 4. The van der Waals surface area contributed by atoms with Crippen LogP contribution >= 0.6 is 0 Å². The third-order valence-corrected chi connectivity index (χ3v) is 5.60. The Kier molecular flexibility index (Phi) is 5.54. The van der Waals surface area contributed by atoms with E-state index in [0.29, 0.717) is 12.0 Å². The van der Waals surface area contributed by atoms with Crippen LogP contribution < -0.4 is 5.32 Å². The summed E-state index contributed by atoms with van der Waals surface area (Å²) in [7, 11) is 1.95. The molecule has 3 heterocycles. The second-order valence-corrected chi connectivity index (χ2v) is 8.07. The predicted molar refractivity (Wildman–Crippen MR) is 115 cm³/mol. The summed E-state index contributed by atoms with van der Waals surface area (Å²) in [5, 5.41) is 3.08. The molecule has 2 aromatic heterocycles. The van der Waals surface area contributed by atoms with E-state index in [9.17, 15) is 14.4 Å². The van der Waals surface area contributed by atoms with E-state index < -0.39 is 5.91 Å². The fourth-order valence-electron chi connectivity index (χ4n) is 3.93. The van der Waals surface area contributed by atoms with E-state index in [1.165, 1.54) is 6.20 Å². The molecule has 31 heavy (non-hydrogen) atoms. The van der Waals surface area contributed by atoms with Gasteiger partial charge in [0.25, 0.3) is 11.8 Å². The smallest absolute Gasteiger partial charge is 0.280 e. The Bertz CT molecular complexity index is 1130. The molecule has 1 atom stereocenters. The minimum absolute atomic E-state index is 0.138. The van der Waals surface area contributed by atoms with Gasteiger partial charge in [-0.1, -0.05) is 26.0 Å². The predicted octanol–water partition coefficient (Wildman–Crippen LogP) is 2.86. The topological polar surface area (TPSA) is 97.2 Å². The molecule has 0 spiro atoms. The molecule has 0 aliphatic carbocycles. The van der Waals surface area contributed by atoms with Crippen molar-refractivity contribution in [1.29, 1.82) is 0 Å². The minimum Gasteiger partial charge on any atom is -0.346 e. The zero-order valence-corrected chi connectivity index (χ0v) is 17.8. The molecule has 1 aliphatic rings. The number of aromatic nitrogens is 3. The number of hydrogen-bond donors (Lipinski definition) is 1. The van der Waals surface area contributed by atoms with Crippen molar-refractivity contribution < 1.29 is 14.4 Å². The third-order valence-electron chi connectivity index (χ3n) is 5.60. The summed E-state index contributed by atoms with van der Waals surface area (Å²) in [5.41, 5.74) is 2.40. The van der Waals surface area contributed by atoms with E-state index in [0.717, 1.165) is 21.8 Å². The number of pyridine rings is 1. The molecule has 8 nitrogen and oxygen atoms in total. The van der Waals surface area contributed by atoms with Crippen molar-refractivity contribution in [2.75, 3.05) is 6.54 Å². The van der Waals surface area contributed by atoms with Crippen molar-refractivity contribution in [3.8, 4) is 0 Å². The normalized spacial score (nSPS) is 14.4. The van der Waals surface area contributed by atoms with Crippen LogP contribution in [0.5, 0.6) is 0 Å². The van der Waals surface area contributed by atoms with Crippen LogP contribution in [0.4, 0.5) is 0 Å². The zero-order valence-electron chi connectivity index (χ0n) is 17.8. The molecule has 3 aromatic rings. The summed E-state index contributed by atoms with van der Waals surface area (Å²) in [5.74, 6) is 0.0484. The molecular weight excluding hydrogens is 394 g/mol. The minimum atomic E-state index is -0.402. The third kappa shape index (κ3) is 3.81. The number of fused-ring (bicyclic) bond motifs is 2. The highest BCUT2D eigenvalue weighted by Gasteiger charge is 2.36. The Balaban J connectivity index is 1.39. The van der Waals surface area contributed by atoms with Gasteiger partial charge in [0.1, 0.15) is 11.5 Å². The lowest BCUT2D eigenvalue weighted by Gasteiger charge is -2.22. The monoisotopic (exact) mass is 419 g/mol. The lowest BCUT2D eigenvalue weighted by molar-refractivity contribution is -0.122. The maximum absolute atomic E-state index is 12.7. The first kappa shape index (κ1) is 20.7. The molecule has 0 unspecified atom stereocenters. The van der Waals surface area contributed by atoms with Crippen LogP contribution in [0.25, 0.3) is 11.0 Å². The molecule has 4 rings (SSSR count). The standard InChI is InChI=1S/C23H25N5O3/c1-14(2)19(21-25-16-9-4-5-10-17(16)27(21)3)26-18(29)11-7-13-28-22(30)15-8-6-12-24-20(15)23(28)31/h4-6,8-10,12,14,19H,7,11,13H2,1-3H3,(H,26,29)/t19-/m1/s1. The highest BCUT2D eigenvalue weighted by atomic mass is 16.2. The number of aryl methyl sites for hydroxylation is 1. The van der Waals surface area contributed by atoms with Crippen molar-refractivity contribution in [3.05, 3.63) is 59.7 Å². The Morgan fingerprint density at radius 3 is 2.58 bits per heavy atom. The van der Waals surface area contributed by atoms with Gasteiger partial charge >= 0.3 is 0 Å². The van der Waals surface area contributed by atoms with Crippen molar-refractivity contribution in [2.45, 2.75) is 32.7 Å². The van der Waals surface area contributed by atoms with Gasteiger partial charge in [0.2, 0.25) is 5.91 Å². The van der Waals surface area contributed by atoms with Crippen molar-refractivity contribution in [3.63, 3.8) is 0 Å². The number of imide groups is 1. The van der Waals surface area contributed by atoms with Gasteiger partial charge < -0.3 is 9.88 Å². The number of amides is 3. The first-order valence-electron chi connectivity index (χ1n) is 10.4. The zero-order chi connectivity index (χ0) is 22.1. The summed E-state index contributed by atoms with van der Waals surface area (Å²) in [6.07, 6.45) is 2.08. The highest BCUT2D eigenvalue weighted by Crippen LogP contribution is 2.25. The number of carbonyl (C=O) groups is 3.